The minimum Gasteiger partial charge on any atom is -0.294 e. The fourth-order valence-corrected chi connectivity index (χ4v) is 4.45. The molecule has 0 spiro atoms. The Kier molecular flexibility index (Phi) is 5.82. The Bertz CT molecular complexity index is 890. The first-order chi connectivity index (χ1) is 12.4. The number of carbonyl (C=O) groups excluding carboxylic acids is 1. The van der Waals surface area contributed by atoms with Gasteiger partial charge in [0.1, 0.15) is 0 Å². The van der Waals surface area contributed by atoms with Crippen LogP contribution in [0.3, 0.4) is 0 Å². The van der Waals surface area contributed by atoms with E-state index in [0.29, 0.717) is 5.78 Å². The summed E-state index contributed by atoms with van der Waals surface area (Å²) in [6.45, 7) is 8.50. The number of hydrogen-bond acceptors (Lipinski definition) is 1. The van der Waals surface area contributed by atoms with Crippen LogP contribution in [0.2, 0.25) is 0 Å². The summed E-state index contributed by atoms with van der Waals surface area (Å²) >= 11 is 3.58. The standard InChI is InChI=1S/C12H13Br.C12H14O/c1-8-3-4-9(2)12-7-10(13)5-6-11(8)12;1-8-6-7-9(2)12-10(8)4-3-5-11(12)13/h3-4,7H,5-6H2,1-2H3;6-7H,3-5H2,1-2H3. The van der Waals surface area contributed by atoms with E-state index >= 15 is 0 Å². The first kappa shape index (κ1) is 19.1. The maximum atomic E-state index is 11.7. The first-order valence-electron chi connectivity index (χ1n) is 9.46. The number of rotatable bonds is 0. The average Bonchev–Trinajstić information content (AvgIpc) is 2.62. The van der Waals surface area contributed by atoms with E-state index in [0.717, 1.165) is 36.8 Å². The predicted molar refractivity (Wildman–Crippen MR) is 114 cm³/mol. The number of aryl methyl sites for hydroxylation is 4. The van der Waals surface area contributed by atoms with Gasteiger partial charge in [-0.2, -0.15) is 0 Å². The van der Waals surface area contributed by atoms with Crippen molar-refractivity contribution in [1.29, 1.82) is 0 Å². The van der Waals surface area contributed by atoms with Crippen molar-refractivity contribution >= 4 is 27.8 Å². The summed E-state index contributed by atoms with van der Waals surface area (Å²) in [5, 5.41) is 0. The number of halogens is 1. The molecule has 0 saturated carbocycles. The molecule has 0 aliphatic heterocycles. The van der Waals surface area contributed by atoms with E-state index < -0.39 is 0 Å². The van der Waals surface area contributed by atoms with Crippen molar-refractivity contribution in [2.75, 3.05) is 0 Å². The molecule has 2 aromatic rings. The highest BCUT2D eigenvalue weighted by Gasteiger charge is 2.20. The highest BCUT2D eigenvalue weighted by Crippen LogP contribution is 2.31. The number of benzene rings is 2. The highest BCUT2D eigenvalue weighted by atomic mass is 79.9. The summed E-state index contributed by atoms with van der Waals surface area (Å²) < 4.78 is 1.33. The molecule has 0 heterocycles. The molecule has 0 atom stereocenters. The van der Waals surface area contributed by atoms with Crippen molar-refractivity contribution < 1.29 is 4.79 Å². The summed E-state index contributed by atoms with van der Waals surface area (Å²) in [7, 11) is 0. The molecule has 0 N–H and O–H groups in total. The maximum absolute atomic E-state index is 11.7. The third-order valence-corrected chi connectivity index (χ3v) is 6.21. The quantitative estimate of drug-likeness (QED) is 0.466. The zero-order valence-electron chi connectivity index (χ0n) is 16.2. The number of carbonyl (C=O) groups is 1. The molecule has 2 aromatic carbocycles. The number of Topliss-reactive ketones (excluding diaryl/α,β-unsaturated/α-hetero) is 1. The van der Waals surface area contributed by atoms with Crippen LogP contribution in [0.1, 0.15) is 68.6 Å². The Hall–Kier alpha value is -1.67. The smallest absolute Gasteiger partial charge is 0.163 e. The molecule has 1 nitrogen and oxygen atoms in total. The largest absolute Gasteiger partial charge is 0.294 e. The number of hydrogen-bond donors (Lipinski definition) is 0. The third-order valence-electron chi connectivity index (χ3n) is 5.59. The average molecular weight is 411 g/mol. The molecule has 0 fully saturated rings. The molecule has 0 radical (unpaired) electrons. The van der Waals surface area contributed by atoms with Gasteiger partial charge < -0.3 is 0 Å². The van der Waals surface area contributed by atoms with Crippen LogP contribution in [-0.4, -0.2) is 5.78 Å². The summed E-state index contributed by atoms with van der Waals surface area (Å²) in [5.41, 5.74) is 10.5. The summed E-state index contributed by atoms with van der Waals surface area (Å²) in [6.07, 6.45) is 7.43. The van der Waals surface area contributed by atoms with Gasteiger partial charge in [-0.25, -0.2) is 0 Å². The van der Waals surface area contributed by atoms with Gasteiger partial charge in [-0.3, -0.25) is 4.79 Å². The number of allylic oxidation sites excluding steroid dienone is 1. The molecule has 0 aromatic heterocycles. The van der Waals surface area contributed by atoms with Gasteiger partial charge in [0.2, 0.25) is 0 Å². The normalized spacial score (nSPS) is 15.4. The molecule has 26 heavy (non-hydrogen) atoms. The van der Waals surface area contributed by atoms with E-state index in [2.05, 4.69) is 67.0 Å². The van der Waals surface area contributed by atoms with E-state index in [1.54, 1.807) is 0 Å². The molecule has 4 rings (SSSR count). The van der Waals surface area contributed by atoms with Crippen LogP contribution in [0.5, 0.6) is 0 Å². The molecule has 0 bridgehead atoms. The Balaban J connectivity index is 0.000000151. The molecule has 0 unspecified atom stereocenters. The molecular formula is C24H27BrO. The molecule has 0 saturated heterocycles. The Morgan fingerprint density at radius 2 is 1.35 bits per heavy atom. The second-order valence-corrected chi connectivity index (χ2v) is 8.53. The van der Waals surface area contributed by atoms with Gasteiger partial charge in [0.05, 0.1) is 0 Å². The van der Waals surface area contributed by atoms with Gasteiger partial charge in [-0.05, 0) is 103 Å². The van der Waals surface area contributed by atoms with Gasteiger partial charge in [0.15, 0.2) is 5.78 Å². The zero-order chi connectivity index (χ0) is 18.8. The van der Waals surface area contributed by atoms with Crippen LogP contribution in [0.4, 0.5) is 0 Å². The predicted octanol–water partition coefficient (Wildman–Crippen LogP) is 6.81. The van der Waals surface area contributed by atoms with E-state index in [9.17, 15) is 4.79 Å². The van der Waals surface area contributed by atoms with E-state index in [-0.39, 0.29) is 0 Å². The summed E-state index contributed by atoms with van der Waals surface area (Å²) in [6, 6.07) is 8.60. The molecule has 2 aliphatic rings. The number of ketones is 1. The van der Waals surface area contributed by atoms with E-state index in [1.165, 1.54) is 44.3 Å². The lowest BCUT2D eigenvalue weighted by molar-refractivity contribution is 0.0971. The van der Waals surface area contributed by atoms with E-state index in [4.69, 9.17) is 0 Å². The van der Waals surface area contributed by atoms with Crippen molar-refractivity contribution in [1.82, 2.24) is 0 Å². The summed E-state index contributed by atoms with van der Waals surface area (Å²) in [4.78, 5) is 11.7. The minimum atomic E-state index is 0.336. The molecule has 2 heteroatoms. The van der Waals surface area contributed by atoms with Crippen molar-refractivity contribution in [3.63, 3.8) is 0 Å². The fourth-order valence-electron chi connectivity index (χ4n) is 4.03. The minimum absolute atomic E-state index is 0.336. The monoisotopic (exact) mass is 410 g/mol. The van der Waals surface area contributed by atoms with Gasteiger partial charge in [0.25, 0.3) is 0 Å². The highest BCUT2D eigenvalue weighted by molar-refractivity contribution is 9.11. The molecular weight excluding hydrogens is 384 g/mol. The van der Waals surface area contributed by atoms with Gasteiger partial charge in [0, 0.05) is 12.0 Å². The Morgan fingerprint density at radius 3 is 2.04 bits per heavy atom. The van der Waals surface area contributed by atoms with Crippen molar-refractivity contribution in [2.24, 2.45) is 0 Å². The molecule has 2 aliphatic carbocycles. The maximum Gasteiger partial charge on any atom is 0.163 e. The lowest BCUT2D eigenvalue weighted by Gasteiger charge is -2.18. The van der Waals surface area contributed by atoms with Crippen LogP contribution < -0.4 is 0 Å². The summed E-state index contributed by atoms with van der Waals surface area (Å²) in [5.74, 6) is 0.336. The lowest BCUT2D eigenvalue weighted by atomic mass is 9.85. The SMILES string of the molecule is Cc1ccc(C)c2c1C=C(Br)CC2.Cc1ccc(C)c2c1CCCC2=O. The van der Waals surface area contributed by atoms with Crippen molar-refractivity contribution in [3.8, 4) is 0 Å². The first-order valence-corrected chi connectivity index (χ1v) is 10.2. The van der Waals surface area contributed by atoms with Crippen LogP contribution in [-0.2, 0) is 12.8 Å². The molecule has 136 valence electrons. The zero-order valence-corrected chi connectivity index (χ0v) is 17.8. The van der Waals surface area contributed by atoms with Gasteiger partial charge >= 0.3 is 0 Å². The Labute approximate surface area is 165 Å². The van der Waals surface area contributed by atoms with Gasteiger partial charge in [-0.1, -0.05) is 40.2 Å². The van der Waals surface area contributed by atoms with Crippen LogP contribution in [0, 0.1) is 27.7 Å². The van der Waals surface area contributed by atoms with Crippen molar-refractivity contribution in [2.45, 2.75) is 59.8 Å². The second kappa shape index (κ2) is 7.92. The molecule has 0 amide bonds. The van der Waals surface area contributed by atoms with E-state index in [1.807, 2.05) is 6.92 Å². The van der Waals surface area contributed by atoms with Crippen LogP contribution in [0.25, 0.3) is 6.08 Å². The van der Waals surface area contributed by atoms with Gasteiger partial charge in [-0.15, -0.1) is 0 Å². The second-order valence-electron chi connectivity index (χ2n) is 7.51. The third kappa shape index (κ3) is 3.86. The fraction of sp³-hybridized carbons (Fsp3) is 0.375. The van der Waals surface area contributed by atoms with Crippen LogP contribution in [0.15, 0.2) is 28.7 Å². The van der Waals surface area contributed by atoms with Crippen molar-refractivity contribution in [3.05, 3.63) is 73.3 Å². The Morgan fingerprint density at radius 1 is 0.731 bits per heavy atom. The lowest BCUT2D eigenvalue weighted by Crippen LogP contribution is -2.13. The topological polar surface area (TPSA) is 17.1 Å². The van der Waals surface area contributed by atoms with Crippen LogP contribution >= 0.6 is 15.9 Å². The number of fused-ring (bicyclic) bond motifs is 2.